The van der Waals surface area contributed by atoms with Gasteiger partial charge in [0, 0.05) is 5.57 Å². The highest BCUT2D eigenvalue weighted by Crippen LogP contribution is 2.34. The van der Waals surface area contributed by atoms with Crippen molar-refractivity contribution >= 4 is 27.1 Å². The summed E-state index contributed by atoms with van der Waals surface area (Å²) in [6.07, 6.45) is -4.58. The van der Waals surface area contributed by atoms with Gasteiger partial charge in [-0.05, 0) is 23.9 Å². The van der Waals surface area contributed by atoms with Gasteiger partial charge in [0.15, 0.2) is 0 Å². The lowest BCUT2D eigenvalue weighted by atomic mass is 10.0. The largest absolute Gasteiger partial charge is 0.451 e. The molecule has 0 saturated carbocycles. The van der Waals surface area contributed by atoms with E-state index in [9.17, 15) is 13.2 Å². The predicted octanol–water partition coefficient (Wildman–Crippen LogP) is 5.08. The summed E-state index contributed by atoms with van der Waals surface area (Å²) in [5.41, 5.74) is 2.79. The smallest absolute Gasteiger partial charge is 0.223 e. The number of fused-ring (bicyclic) bond motifs is 1. The van der Waals surface area contributed by atoms with Gasteiger partial charge in [-0.15, -0.1) is 11.3 Å². The minimum absolute atomic E-state index is 0.233. The van der Waals surface area contributed by atoms with Gasteiger partial charge in [-0.3, -0.25) is 0 Å². The Kier molecular flexibility index (Phi) is 3.48. The average Bonchev–Trinajstić information content (AvgIpc) is 2.93. The van der Waals surface area contributed by atoms with Crippen molar-refractivity contribution in [3.8, 4) is 0 Å². The summed E-state index contributed by atoms with van der Waals surface area (Å²) in [6.45, 7) is 5.87. The quantitative estimate of drug-likeness (QED) is 0.658. The van der Waals surface area contributed by atoms with Gasteiger partial charge in [0.25, 0.3) is 0 Å². The zero-order valence-corrected chi connectivity index (χ0v) is 12.4. The maximum absolute atomic E-state index is 13.0. The average molecular weight is 320 g/mol. The van der Waals surface area contributed by atoms with Gasteiger partial charge in [0.05, 0.1) is 15.9 Å². The Bertz CT molecular complexity index is 848. The van der Waals surface area contributed by atoms with Crippen molar-refractivity contribution in [2.24, 2.45) is 0 Å². The van der Waals surface area contributed by atoms with Gasteiger partial charge in [-0.25, -0.2) is 9.97 Å². The Morgan fingerprint density at radius 1 is 1.09 bits per heavy atom. The zero-order valence-electron chi connectivity index (χ0n) is 11.6. The van der Waals surface area contributed by atoms with Gasteiger partial charge < -0.3 is 0 Å². The molecule has 0 spiro atoms. The van der Waals surface area contributed by atoms with E-state index in [0.717, 1.165) is 11.1 Å². The van der Waals surface area contributed by atoms with E-state index < -0.39 is 12.0 Å². The molecule has 2 aromatic heterocycles. The van der Waals surface area contributed by atoms with E-state index in [4.69, 9.17) is 0 Å². The van der Waals surface area contributed by atoms with Crippen LogP contribution >= 0.6 is 11.3 Å². The summed E-state index contributed by atoms with van der Waals surface area (Å²) < 4.78 is 39.5. The number of aryl methyl sites for hydroxylation is 1. The second-order valence-corrected chi connectivity index (χ2v) is 5.79. The number of hydrogen-bond acceptors (Lipinski definition) is 3. The molecular formula is C16H11F3N2S. The topological polar surface area (TPSA) is 25.8 Å². The molecule has 0 N–H and O–H groups in total. The molecule has 3 rings (SSSR count). The van der Waals surface area contributed by atoms with Crippen molar-refractivity contribution in [1.29, 1.82) is 0 Å². The molecule has 2 heterocycles. The highest BCUT2D eigenvalue weighted by molar-refractivity contribution is 7.17. The maximum Gasteiger partial charge on any atom is 0.451 e. The molecular weight excluding hydrogens is 309 g/mol. The first-order chi connectivity index (χ1) is 10.4. The van der Waals surface area contributed by atoms with E-state index in [1.807, 2.05) is 31.2 Å². The lowest BCUT2D eigenvalue weighted by molar-refractivity contribution is -0.144. The van der Waals surface area contributed by atoms with Crippen molar-refractivity contribution in [3.63, 3.8) is 0 Å². The van der Waals surface area contributed by atoms with E-state index in [-0.39, 0.29) is 11.2 Å². The van der Waals surface area contributed by atoms with Gasteiger partial charge in [0.1, 0.15) is 0 Å². The Balaban J connectivity index is 2.18. The molecule has 1 aromatic carbocycles. The summed E-state index contributed by atoms with van der Waals surface area (Å²) in [5, 5.41) is 1.70. The number of alkyl halides is 3. The summed E-state index contributed by atoms with van der Waals surface area (Å²) in [4.78, 5) is 7.31. The van der Waals surface area contributed by atoms with E-state index in [1.54, 1.807) is 11.4 Å². The molecule has 0 atom stereocenters. The monoisotopic (exact) mass is 320 g/mol. The van der Waals surface area contributed by atoms with Crippen LogP contribution in [-0.4, -0.2) is 9.97 Å². The first kappa shape index (κ1) is 14.7. The molecule has 0 aliphatic carbocycles. The van der Waals surface area contributed by atoms with Gasteiger partial charge in [0.2, 0.25) is 5.82 Å². The maximum atomic E-state index is 13.0. The number of nitrogens with zero attached hydrogens (tertiary/aromatic N) is 2. The van der Waals surface area contributed by atoms with Gasteiger partial charge in [-0.2, -0.15) is 13.2 Å². The first-order valence-corrected chi connectivity index (χ1v) is 7.33. The third-order valence-electron chi connectivity index (χ3n) is 3.24. The summed E-state index contributed by atoms with van der Waals surface area (Å²) in [6, 6.07) is 8.98. The van der Waals surface area contributed by atoms with Crippen LogP contribution in [0.25, 0.3) is 15.8 Å². The molecule has 0 saturated heterocycles. The number of benzene rings is 1. The molecule has 2 nitrogen and oxygen atoms in total. The third kappa shape index (κ3) is 2.62. The summed E-state index contributed by atoms with van der Waals surface area (Å²) in [5.74, 6) is -1.14. The van der Waals surface area contributed by atoms with Crippen LogP contribution in [0.15, 0.2) is 42.3 Å². The Morgan fingerprint density at radius 2 is 1.77 bits per heavy atom. The third-order valence-corrected chi connectivity index (χ3v) is 4.15. The minimum Gasteiger partial charge on any atom is -0.223 e. The van der Waals surface area contributed by atoms with E-state index in [1.165, 1.54) is 11.3 Å². The van der Waals surface area contributed by atoms with E-state index in [0.29, 0.717) is 10.3 Å². The van der Waals surface area contributed by atoms with Crippen LogP contribution in [0.2, 0.25) is 0 Å². The van der Waals surface area contributed by atoms with Crippen molar-refractivity contribution < 1.29 is 13.2 Å². The molecule has 0 amide bonds. The number of rotatable bonds is 2. The molecule has 112 valence electrons. The minimum atomic E-state index is -4.58. The fourth-order valence-corrected chi connectivity index (χ4v) is 2.93. The zero-order chi connectivity index (χ0) is 15.9. The van der Waals surface area contributed by atoms with Crippen LogP contribution in [0.5, 0.6) is 0 Å². The second-order valence-electron chi connectivity index (χ2n) is 4.87. The Hall–Kier alpha value is -2.21. The fourth-order valence-electron chi connectivity index (χ4n) is 2.09. The number of thiophene rings is 1. The van der Waals surface area contributed by atoms with Crippen molar-refractivity contribution in [2.45, 2.75) is 13.1 Å². The SMILES string of the molecule is C=C(c1ccc(C)cc1)c1nc(C(F)(F)F)nc2ccsc12. The highest BCUT2D eigenvalue weighted by Gasteiger charge is 2.36. The molecule has 0 bridgehead atoms. The normalized spacial score (nSPS) is 11.8. The van der Waals surface area contributed by atoms with E-state index >= 15 is 0 Å². The first-order valence-electron chi connectivity index (χ1n) is 6.45. The molecule has 0 fully saturated rings. The fraction of sp³-hybridized carbons (Fsp3) is 0.125. The molecule has 0 aliphatic rings. The standard InChI is InChI=1S/C16H11F3N2S/c1-9-3-5-11(6-4-9)10(2)13-14-12(7-8-22-14)20-15(21-13)16(17,18)19/h3-8H,2H2,1H3. The molecule has 6 heteroatoms. The van der Waals surface area contributed by atoms with Crippen LogP contribution in [-0.2, 0) is 6.18 Å². The number of aromatic nitrogens is 2. The number of hydrogen-bond donors (Lipinski definition) is 0. The van der Waals surface area contributed by atoms with Crippen LogP contribution < -0.4 is 0 Å². The number of halogens is 3. The second kappa shape index (κ2) is 5.21. The van der Waals surface area contributed by atoms with Gasteiger partial charge >= 0.3 is 6.18 Å². The van der Waals surface area contributed by atoms with Crippen molar-refractivity contribution in [3.05, 3.63) is 64.9 Å². The van der Waals surface area contributed by atoms with Crippen LogP contribution in [0.4, 0.5) is 13.2 Å². The lowest BCUT2D eigenvalue weighted by Gasteiger charge is -2.11. The predicted molar refractivity (Wildman–Crippen MR) is 81.7 cm³/mol. The molecule has 22 heavy (non-hydrogen) atoms. The lowest BCUT2D eigenvalue weighted by Crippen LogP contribution is -2.12. The molecule has 0 radical (unpaired) electrons. The molecule has 0 aliphatic heterocycles. The summed E-state index contributed by atoms with van der Waals surface area (Å²) >= 11 is 1.31. The molecule has 3 aromatic rings. The van der Waals surface area contributed by atoms with Gasteiger partial charge in [-0.1, -0.05) is 36.4 Å². The Labute approximate surface area is 129 Å². The van der Waals surface area contributed by atoms with Crippen LogP contribution in [0, 0.1) is 6.92 Å². The van der Waals surface area contributed by atoms with Crippen LogP contribution in [0.3, 0.4) is 0 Å². The molecule has 0 unspecified atom stereocenters. The summed E-state index contributed by atoms with van der Waals surface area (Å²) in [7, 11) is 0. The van der Waals surface area contributed by atoms with Crippen molar-refractivity contribution in [2.75, 3.05) is 0 Å². The highest BCUT2D eigenvalue weighted by atomic mass is 32.1. The van der Waals surface area contributed by atoms with Crippen LogP contribution in [0.1, 0.15) is 22.6 Å². The van der Waals surface area contributed by atoms with E-state index in [2.05, 4.69) is 16.5 Å². The van der Waals surface area contributed by atoms with Crippen molar-refractivity contribution in [1.82, 2.24) is 9.97 Å². The Morgan fingerprint density at radius 3 is 2.41 bits per heavy atom.